The molecule has 1 aliphatic heterocycles. The lowest BCUT2D eigenvalue weighted by molar-refractivity contribution is -0.115. The summed E-state index contributed by atoms with van der Waals surface area (Å²) >= 11 is 1.63. The summed E-state index contributed by atoms with van der Waals surface area (Å²) in [4.78, 5) is 25.2. The molecule has 0 bridgehead atoms. The van der Waals surface area contributed by atoms with Gasteiger partial charge < -0.3 is 10.6 Å². The van der Waals surface area contributed by atoms with Crippen LogP contribution in [0.3, 0.4) is 0 Å². The number of aryl methyl sites for hydroxylation is 1. The third kappa shape index (κ3) is 3.40. The first kappa shape index (κ1) is 15.6. The van der Waals surface area contributed by atoms with Crippen LogP contribution in [0.25, 0.3) is 0 Å². The lowest BCUT2D eigenvalue weighted by atomic mass is 10.1. The van der Waals surface area contributed by atoms with Gasteiger partial charge in [0.15, 0.2) is 0 Å². The maximum absolute atomic E-state index is 12.5. The minimum Gasteiger partial charge on any atom is -0.325 e. The average Bonchev–Trinajstić information content (AvgIpc) is 2.71. The molecule has 1 aliphatic rings. The van der Waals surface area contributed by atoms with Crippen molar-refractivity contribution < 1.29 is 9.59 Å². The predicted molar refractivity (Wildman–Crippen MR) is 94.3 cm³/mol. The zero-order chi connectivity index (χ0) is 16.4. The van der Waals surface area contributed by atoms with Gasteiger partial charge in [0.05, 0.1) is 5.69 Å². The highest BCUT2D eigenvalue weighted by Crippen LogP contribution is 2.31. The first-order valence-electron chi connectivity index (χ1n) is 7.49. The van der Waals surface area contributed by atoms with Crippen LogP contribution in [0, 0.1) is 13.8 Å². The molecule has 0 saturated carbocycles. The Kier molecular flexibility index (Phi) is 4.39. The molecule has 0 aliphatic carbocycles. The molecule has 0 aromatic heterocycles. The molecule has 0 unspecified atom stereocenters. The van der Waals surface area contributed by atoms with Gasteiger partial charge in [-0.1, -0.05) is 12.1 Å². The number of hydrogen-bond donors (Lipinski definition) is 2. The van der Waals surface area contributed by atoms with Crippen LogP contribution in [-0.2, 0) is 4.79 Å². The van der Waals surface area contributed by atoms with Crippen LogP contribution >= 0.6 is 11.8 Å². The van der Waals surface area contributed by atoms with E-state index in [4.69, 9.17) is 0 Å². The zero-order valence-corrected chi connectivity index (χ0v) is 13.9. The summed E-state index contributed by atoms with van der Waals surface area (Å²) in [5, 5.41) is 5.80. The number of amides is 2. The molecule has 2 amide bonds. The summed E-state index contributed by atoms with van der Waals surface area (Å²) in [7, 11) is 0. The summed E-state index contributed by atoms with van der Waals surface area (Å²) in [5.74, 6) is 0.570. The lowest BCUT2D eigenvalue weighted by Crippen LogP contribution is -2.14. The Morgan fingerprint density at radius 1 is 1.22 bits per heavy atom. The Labute approximate surface area is 139 Å². The zero-order valence-electron chi connectivity index (χ0n) is 13.1. The standard InChI is InChI=1S/C18H18N2O2S/c1-11-4-3-5-14(12(11)2)20-18(22)13-6-7-16-15(10-13)19-17(21)8-9-23-16/h3-7,10H,8-9H2,1-2H3,(H,19,21)(H,20,22). The van der Waals surface area contributed by atoms with Gasteiger partial charge in [-0.3, -0.25) is 9.59 Å². The molecule has 2 aromatic rings. The van der Waals surface area contributed by atoms with Crippen LogP contribution in [0.2, 0.25) is 0 Å². The van der Waals surface area contributed by atoms with Gasteiger partial charge >= 0.3 is 0 Å². The van der Waals surface area contributed by atoms with Gasteiger partial charge in [0.1, 0.15) is 0 Å². The van der Waals surface area contributed by atoms with Gasteiger partial charge in [0.25, 0.3) is 5.91 Å². The summed E-state index contributed by atoms with van der Waals surface area (Å²) in [6, 6.07) is 11.3. The number of hydrogen-bond acceptors (Lipinski definition) is 3. The smallest absolute Gasteiger partial charge is 0.255 e. The number of thioether (sulfide) groups is 1. The van der Waals surface area contributed by atoms with Crippen molar-refractivity contribution in [2.75, 3.05) is 16.4 Å². The predicted octanol–water partition coefficient (Wildman–Crippen LogP) is 3.99. The van der Waals surface area contributed by atoms with Gasteiger partial charge in [-0.15, -0.1) is 11.8 Å². The van der Waals surface area contributed by atoms with Crippen LogP contribution in [0.4, 0.5) is 11.4 Å². The van der Waals surface area contributed by atoms with Crippen molar-refractivity contribution in [3.8, 4) is 0 Å². The van der Waals surface area contributed by atoms with Crippen LogP contribution in [0.15, 0.2) is 41.3 Å². The van der Waals surface area contributed by atoms with E-state index in [1.165, 1.54) is 0 Å². The number of nitrogens with one attached hydrogen (secondary N) is 2. The molecule has 2 N–H and O–H groups in total. The molecule has 0 fully saturated rings. The maximum atomic E-state index is 12.5. The molecular weight excluding hydrogens is 308 g/mol. The second-order valence-electron chi connectivity index (χ2n) is 5.56. The third-order valence-corrected chi connectivity index (χ3v) is 5.03. The normalized spacial score (nSPS) is 13.7. The van der Waals surface area contributed by atoms with E-state index in [0.717, 1.165) is 27.5 Å². The number of fused-ring (bicyclic) bond motifs is 1. The van der Waals surface area contributed by atoms with Crippen molar-refractivity contribution in [2.45, 2.75) is 25.2 Å². The monoisotopic (exact) mass is 326 g/mol. The largest absolute Gasteiger partial charge is 0.325 e. The average molecular weight is 326 g/mol. The van der Waals surface area contributed by atoms with Crippen molar-refractivity contribution in [2.24, 2.45) is 0 Å². The molecule has 0 radical (unpaired) electrons. The van der Waals surface area contributed by atoms with Crippen LogP contribution in [0.5, 0.6) is 0 Å². The van der Waals surface area contributed by atoms with Gasteiger partial charge in [-0.2, -0.15) is 0 Å². The molecule has 23 heavy (non-hydrogen) atoms. The minimum atomic E-state index is -0.176. The molecule has 3 rings (SSSR count). The highest BCUT2D eigenvalue weighted by molar-refractivity contribution is 7.99. The molecule has 2 aromatic carbocycles. The van der Waals surface area contributed by atoms with E-state index in [-0.39, 0.29) is 11.8 Å². The number of carbonyl (C=O) groups excluding carboxylic acids is 2. The summed E-state index contributed by atoms with van der Waals surface area (Å²) in [6.07, 6.45) is 0.489. The van der Waals surface area contributed by atoms with Gasteiger partial charge in [-0.05, 0) is 49.2 Å². The number of anilines is 2. The number of carbonyl (C=O) groups is 2. The summed E-state index contributed by atoms with van der Waals surface area (Å²) in [5.41, 5.74) is 4.25. The Morgan fingerprint density at radius 2 is 2.04 bits per heavy atom. The molecule has 0 saturated heterocycles. The molecule has 1 heterocycles. The van der Waals surface area contributed by atoms with E-state index < -0.39 is 0 Å². The second-order valence-corrected chi connectivity index (χ2v) is 6.70. The maximum Gasteiger partial charge on any atom is 0.255 e. The lowest BCUT2D eigenvalue weighted by Gasteiger charge is -2.12. The van der Waals surface area contributed by atoms with Gasteiger partial charge in [-0.25, -0.2) is 0 Å². The third-order valence-electron chi connectivity index (χ3n) is 3.96. The van der Waals surface area contributed by atoms with Crippen LogP contribution < -0.4 is 10.6 Å². The summed E-state index contributed by atoms with van der Waals surface area (Å²) < 4.78 is 0. The van der Waals surface area contributed by atoms with E-state index in [0.29, 0.717) is 17.7 Å². The topological polar surface area (TPSA) is 58.2 Å². The van der Waals surface area contributed by atoms with E-state index in [1.54, 1.807) is 23.9 Å². The fraction of sp³-hybridized carbons (Fsp3) is 0.222. The second kappa shape index (κ2) is 6.46. The highest BCUT2D eigenvalue weighted by Gasteiger charge is 2.16. The van der Waals surface area contributed by atoms with Crippen molar-refractivity contribution in [3.05, 3.63) is 53.1 Å². The SMILES string of the molecule is Cc1cccc(NC(=O)c2ccc3c(c2)NC(=O)CCS3)c1C. The van der Waals surface area contributed by atoms with E-state index in [9.17, 15) is 9.59 Å². The van der Waals surface area contributed by atoms with Crippen molar-refractivity contribution in [1.82, 2.24) is 0 Å². The fourth-order valence-electron chi connectivity index (χ4n) is 2.44. The van der Waals surface area contributed by atoms with E-state index in [2.05, 4.69) is 10.6 Å². The van der Waals surface area contributed by atoms with Crippen LogP contribution in [0.1, 0.15) is 27.9 Å². The Morgan fingerprint density at radius 3 is 2.87 bits per heavy atom. The van der Waals surface area contributed by atoms with Gasteiger partial charge in [0.2, 0.25) is 5.91 Å². The molecule has 4 nitrogen and oxygen atoms in total. The number of rotatable bonds is 2. The Balaban J connectivity index is 1.85. The molecule has 0 spiro atoms. The van der Waals surface area contributed by atoms with Crippen molar-refractivity contribution in [3.63, 3.8) is 0 Å². The fourth-order valence-corrected chi connectivity index (χ4v) is 3.38. The van der Waals surface area contributed by atoms with Crippen molar-refractivity contribution >= 4 is 35.0 Å². The minimum absolute atomic E-state index is 0.0108. The van der Waals surface area contributed by atoms with Gasteiger partial charge in [0, 0.05) is 28.3 Å². The Hall–Kier alpha value is -2.27. The highest BCUT2D eigenvalue weighted by atomic mass is 32.2. The quantitative estimate of drug-likeness (QED) is 0.877. The first-order chi connectivity index (χ1) is 11.0. The Bertz CT molecular complexity index is 787. The molecule has 118 valence electrons. The van der Waals surface area contributed by atoms with Crippen molar-refractivity contribution in [1.29, 1.82) is 0 Å². The summed E-state index contributed by atoms with van der Waals surface area (Å²) in [6.45, 7) is 4.00. The van der Waals surface area contributed by atoms with E-state index in [1.807, 2.05) is 38.1 Å². The van der Waals surface area contributed by atoms with E-state index >= 15 is 0 Å². The molecular formula is C18H18N2O2S. The first-order valence-corrected chi connectivity index (χ1v) is 8.47. The number of benzene rings is 2. The molecule has 5 heteroatoms. The van der Waals surface area contributed by atoms with Crippen LogP contribution in [-0.4, -0.2) is 17.6 Å². The molecule has 0 atom stereocenters.